The fourth-order valence-electron chi connectivity index (χ4n) is 2.30. The number of aryl methyl sites for hydroxylation is 1. The smallest absolute Gasteiger partial charge is 0.251 e. The van der Waals surface area contributed by atoms with Crippen molar-refractivity contribution in [1.29, 1.82) is 0 Å². The number of carbonyl (C=O) groups excluding carboxylic acids is 1. The van der Waals surface area contributed by atoms with Crippen LogP contribution in [0.5, 0.6) is 0 Å². The number of nitrogens with zero attached hydrogens (tertiary/aromatic N) is 2. The number of aromatic nitrogens is 2. The van der Waals surface area contributed by atoms with Crippen LogP contribution in [-0.2, 0) is 4.79 Å². The van der Waals surface area contributed by atoms with Crippen LogP contribution in [0.25, 0.3) is 0 Å². The molecule has 6 heteroatoms. The molecule has 0 radical (unpaired) electrons. The Morgan fingerprint density at radius 3 is 3.05 bits per heavy atom. The van der Waals surface area contributed by atoms with E-state index >= 15 is 0 Å². The first-order valence-corrected chi connectivity index (χ1v) is 7.55. The quantitative estimate of drug-likeness (QED) is 0.674. The van der Waals surface area contributed by atoms with Gasteiger partial charge in [-0.2, -0.15) is 0 Å². The van der Waals surface area contributed by atoms with E-state index in [4.69, 9.17) is 0 Å². The van der Waals surface area contributed by atoms with Crippen LogP contribution in [0.1, 0.15) is 31.9 Å². The second-order valence-electron chi connectivity index (χ2n) is 4.91. The first-order chi connectivity index (χ1) is 9.06. The summed E-state index contributed by atoms with van der Waals surface area (Å²) in [7, 11) is 0. The zero-order valence-electron chi connectivity index (χ0n) is 11.3. The topological polar surface area (TPSA) is 66.1 Å². The molecule has 2 heterocycles. The van der Waals surface area contributed by atoms with Gasteiger partial charge < -0.3 is 9.88 Å². The number of piperidine rings is 1. The molecule has 0 saturated carbocycles. The molecule has 1 atom stereocenters. The Kier molecular flexibility index (Phi) is 4.63. The summed E-state index contributed by atoms with van der Waals surface area (Å²) in [5.41, 5.74) is 0.499. The highest BCUT2D eigenvalue weighted by Gasteiger charge is 2.23. The van der Waals surface area contributed by atoms with Gasteiger partial charge in [0.15, 0.2) is 5.16 Å². The zero-order valence-corrected chi connectivity index (χ0v) is 12.1. The molecular weight excluding hydrogens is 262 g/mol. The Hall–Kier alpha value is -1.30. The van der Waals surface area contributed by atoms with Crippen molar-refractivity contribution in [2.45, 2.75) is 44.3 Å². The second-order valence-corrected chi connectivity index (χ2v) is 5.88. The van der Waals surface area contributed by atoms with Crippen molar-refractivity contribution in [3.8, 4) is 0 Å². The summed E-state index contributed by atoms with van der Waals surface area (Å²) in [5.74, 6) is 0.456. The Labute approximate surface area is 116 Å². The minimum Gasteiger partial charge on any atom is -0.339 e. The third kappa shape index (κ3) is 3.83. The maximum Gasteiger partial charge on any atom is 0.251 e. The number of thioether (sulfide) groups is 1. The summed E-state index contributed by atoms with van der Waals surface area (Å²) < 4.78 is 0. The summed E-state index contributed by atoms with van der Waals surface area (Å²) >= 11 is 1.29. The summed E-state index contributed by atoms with van der Waals surface area (Å²) in [5, 5.41) is 0.517. The van der Waals surface area contributed by atoms with Gasteiger partial charge in [0, 0.05) is 24.3 Å². The zero-order chi connectivity index (χ0) is 13.8. The molecule has 0 bridgehead atoms. The highest BCUT2D eigenvalue weighted by atomic mass is 32.2. The third-order valence-electron chi connectivity index (χ3n) is 3.30. The molecule has 1 aromatic heterocycles. The van der Waals surface area contributed by atoms with Crippen molar-refractivity contribution in [3.63, 3.8) is 0 Å². The number of nitrogens with one attached hydrogen (secondary N) is 1. The fraction of sp³-hybridized carbons (Fsp3) is 0.615. The largest absolute Gasteiger partial charge is 0.339 e. The normalized spacial score (nSPS) is 19.5. The molecule has 1 amide bonds. The van der Waals surface area contributed by atoms with Crippen LogP contribution in [0, 0.1) is 6.92 Å². The third-order valence-corrected chi connectivity index (χ3v) is 4.16. The van der Waals surface area contributed by atoms with E-state index in [9.17, 15) is 9.59 Å². The molecule has 0 aromatic carbocycles. The number of H-pyrrole nitrogens is 1. The van der Waals surface area contributed by atoms with Crippen LogP contribution in [-0.4, -0.2) is 39.1 Å². The Morgan fingerprint density at radius 1 is 1.58 bits per heavy atom. The lowest BCUT2D eigenvalue weighted by molar-refractivity contribution is -0.131. The van der Waals surface area contributed by atoms with Crippen molar-refractivity contribution in [3.05, 3.63) is 22.1 Å². The number of hydrogen-bond donors (Lipinski definition) is 1. The molecule has 1 saturated heterocycles. The Morgan fingerprint density at radius 2 is 2.37 bits per heavy atom. The molecule has 1 aliphatic heterocycles. The van der Waals surface area contributed by atoms with Gasteiger partial charge in [-0.05, 0) is 33.1 Å². The molecule has 5 nitrogen and oxygen atoms in total. The number of hydrogen-bond acceptors (Lipinski definition) is 4. The maximum atomic E-state index is 12.1. The van der Waals surface area contributed by atoms with Gasteiger partial charge >= 0.3 is 0 Å². The standard InChI is InChI=1S/C13H19N3O2S/c1-9-7-11(17)15-13(14-9)19-8-12(18)16-6-4-3-5-10(16)2/h7,10H,3-6,8H2,1-2H3,(H,14,15,17). The van der Waals surface area contributed by atoms with Gasteiger partial charge in [-0.3, -0.25) is 9.59 Å². The van der Waals surface area contributed by atoms with Gasteiger partial charge in [0.25, 0.3) is 5.56 Å². The van der Waals surface area contributed by atoms with Crippen molar-refractivity contribution in [1.82, 2.24) is 14.9 Å². The SMILES string of the molecule is Cc1cc(=O)[nH]c(SCC(=O)N2CCCCC2C)n1. The summed E-state index contributed by atoms with van der Waals surface area (Å²) in [6.45, 7) is 4.71. The molecule has 1 aliphatic rings. The number of carbonyl (C=O) groups is 1. The molecule has 1 fully saturated rings. The second kappa shape index (κ2) is 6.23. The van der Waals surface area contributed by atoms with Crippen LogP contribution in [0.2, 0.25) is 0 Å². The van der Waals surface area contributed by atoms with Crippen LogP contribution in [0.3, 0.4) is 0 Å². The van der Waals surface area contributed by atoms with Gasteiger partial charge in [0.05, 0.1) is 5.75 Å². The van der Waals surface area contributed by atoms with Crippen molar-refractivity contribution in [2.75, 3.05) is 12.3 Å². The van der Waals surface area contributed by atoms with Gasteiger partial charge in [0.2, 0.25) is 5.91 Å². The Balaban J connectivity index is 1.94. The molecule has 1 unspecified atom stereocenters. The molecular formula is C13H19N3O2S. The molecule has 19 heavy (non-hydrogen) atoms. The van der Waals surface area contributed by atoms with E-state index in [1.165, 1.54) is 24.2 Å². The van der Waals surface area contributed by atoms with E-state index < -0.39 is 0 Å². The van der Waals surface area contributed by atoms with Gasteiger partial charge in [-0.1, -0.05) is 11.8 Å². The van der Waals surface area contributed by atoms with Crippen LogP contribution >= 0.6 is 11.8 Å². The summed E-state index contributed by atoms with van der Waals surface area (Å²) in [6, 6.07) is 1.77. The maximum absolute atomic E-state index is 12.1. The minimum absolute atomic E-state index is 0.126. The molecule has 1 aromatic rings. The summed E-state index contributed by atoms with van der Waals surface area (Å²) in [6.07, 6.45) is 3.36. The first kappa shape index (κ1) is 14.1. The Bertz CT molecular complexity index is 515. The van der Waals surface area contributed by atoms with Crippen LogP contribution < -0.4 is 5.56 Å². The molecule has 2 rings (SSSR count). The van der Waals surface area contributed by atoms with Crippen molar-refractivity contribution in [2.24, 2.45) is 0 Å². The molecule has 1 N–H and O–H groups in total. The average Bonchev–Trinajstić information content (AvgIpc) is 2.35. The number of rotatable bonds is 3. The van der Waals surface area contributed by atoms with E-state index in [1.54, 1.807) is 6.92 Å². The fourth-order valence-corrected chi connectivity index (χ4v) is 3.11. The van der Waals surface area contributed by atoms with E-state index in [0.29, 0.717) is 22.6 Å². The van der Waals surface area contributed by atoms with Crippen molar-refractivity contribution < 1.29 is 4.79 Å². The highest BCUT2D eigenvalue weighted by Crippen LogP contribution is 2.19. The van der Waals surface area contributed by atoms with Crippen LogP contribution in [0.4, 0.5) is 0 Å². The molecule has 0 spiro atoms. The lowest BCUT2D eigenvalue weighted by Crippen LogP contribution is -2.43. The predicted octanol–water partition coefficient (Wildman–Crippen LogP) is 1.57. The van der Waals surface area contributed by atoms with E-state index in [2.05, 4.69) is 16.9 Å². The van der Waals surface area contributed by atoms with Gasteiger partial charge in [0.1, 0.15) is 0 Å². The lowest BCUT2D eigenvalue weighted by Gasteiger charge is -2.33. The average molecular weight is 281 g/mol. The monoisotopic (exact) mass is 281 g/mol. The predicted molar refractivity (Wildman–Crippen MR) is 75.3 cm³/mol. The lowest BCUT2D eigenvalue weighted by atomic mass is 10.0. The number of amides is 1. The minimum atomic E-state index is -0.172. The van der Waals surface area contributed by atoms with E-state index in [1.807, 2.05) is 4.90 Å². The number of aromatic amines is 1. The van der Waals surface area contributed by atoms with Gasteiger partial charge in [-0.25, -0.2) is 4.98 Å². The summed E-state index contributed by atoms with van der Waals surface area (Å²) in [4.78, 5) is 32.2. The van der Waals surface area contributed by atoms with Gasteiger partial charge in [-0.15, -0.1) is 0 Å². The van der Waals surface area contributed by atoms with E-state index in [-0.39, 0.29) is 11.5 Å². The highest BCUT2D eigenvalue weighted by molar-refractivity contribution is 7.99. The molecule has 104 valence electrons. The van der Waals surface area contributed by atoms with Crippen LogP contribution in [0.15, 0.2) is 16.0 Å². The number of likely N-dealkylation sites (tertiary alicyclic amines) is 1. The van der Waals surface area contributed by atoms with Crippen molar-refractivity contribution >= 4 is 17.7 Å². The molecule has 0 aliphatic carbocycles. The van der Waals surface area contributed by atoms with E-state index in [0.717, 1.165) is 19.4 Å². The first-order valence-electron chi connectivity index (χ1n) is 6.56.